The topological polar surface area (TPSA) is 60.2 Å². The van der Waals surface area contributed by atoms with Gasteiger partial charge in [-0.2, -0.15) is 4.37 Å². The van der Waals surface area contributed by atoms with E-state index in [2.05, 4.69) is 21.8 Å². The first-order valence-electron chi connectivity index (χ1n) is 5.47. The Labute approximate surface area is 105 Å². The molecule has 0 saturated carbocycles. The maximum Gasteiger partial charge on any atom is 0.197 e. The Bertz CT molecular complexity index is 470. The van der Waals surface area contributed by atoms with E-state index in [0.29, 0.717) is 18.2 Å². The normalized spacial score (nSPS) is 10.2. The van der Waals surface area contributed by atoms with E-state index in [9.17, 15) is 0 Å². The standard InChI is InChI=1S/C12H15N3OS/c1-2-16-10-11(13)15-17-12(10)14-8-9-6-4-3-5-7-9/h3-7,14H,2,8H2,1H3,(H2,13,15). The summed E-state index contributed by atoms with van der Waals surface area (Å²) in [5.74, 6) is 1.11. The molecular weight excluding hydrogens is 234 g/mol. The molecule has 0 unspecified atom stereocenters. The molecule has 0 atom stereocenters. The van der Waals surface area contributed by atoms with Crippen molar-refractivity contribution in [1.82, 2.24) is 4.37 Å². The Morgan fingerprint density at radius 3 is 2.82 bits per heavy atom. The SMILES string of the molecule is CCOc1c(N)nsc1NCc1ccccc1. The molecule has 0 radical (unpaired) electrons. The van der Waals surface area contributed by atoms with E-state index in [1.807, 2.05) is 25.1 Å². The van der Waals surface area contributed by atoms with E-state index in [1.165, 1.54) is 17.1 Å². The molecule has 0 aliphatic heterocycles. The number of ether oxygens (including phenoxy) is 1. The highest BCUT2D eigenvalue weighted by molar-refractivity contribution is 7.11. The summed E-state index contributed by atoms with van der Waals surface area (Å²) in [4.78, 5) is 0. The minimum atomic E-state index is 0.451. The highest BCUT2D eigenvalue weighted by Gasteiger charge is 2.11. The van der Waals surface area contributed by atoms with Gasteiger partial charge >= 0.3 is 0 Å². The summed E-state index contributed by atoms with van der Waals surface area (Å²) in [5, 5.41) is 4.17. The van der Waals surface area contributed by atoms with Gasteiger partial charge < -0.3 is 15.8 Å². The zero-order valence-electron chi connectivity index (χ0n) is 9.64. The van der Waals surface area contributed by atoms with Gasteiger partial charge in [0.25, 0.3) is 0 Å². The molecular formula is C12H15N3OS. The molecule has 0 amide bonds. The molecule has 0 aliphatic carbocycles. The van der Waals surface area contributed by atoms with Crippen molar-refractivity contribution in [2.75, 3.05) is 17.7 Å². The quantitative estimate of drug-likeness (QED) is 0.855. The van der Waals surface area contributed by atoms with Crippen LogP contribution in [0.2, 0.25) is 0 Å². The van der Waals surface area contributed by atoms with Gasteiger partial charge in [-0.1, -0.05) is 30.3 Å². The molecule has 3 N–H and O–H groups in total. The summed E-state index contributed by atoms with van der Waals surface area (Å²) in [5.41, 5.74) is 6.94. The van der Waals surface area contributed by atoms with Crippen LogP contribution in [0.15, 0.2) is 30.3 Å². The number of nitrogens with two attached hydrogens (primary N) is 1. The lowest BCUT2D eigenvalue weighted by Crippen LogP contribution is -2.01. The summed E-state index contributed by atoms with van der Waals surface area (Å²) in [6, 6.07) is 10.2. The predicted octanol–water partition coefficient (Wildman–Crippen LogP) is 2.74. The van der Waals surface area contributed by atoms with Gasteiger partial charge in [0.15, 0.2) is 16.6 Å². The smallest absolute Gasteiger partial charge is 0.197 e. The Hall–Kier alpha value is -1.75. The molecule has 1 heterocycles. The van der Waals surface area contributed by atoms with Crippen LogP contribution in [0.5, 0.6) is 5.75 Å². The van der Waals surface area contributed by atoms with Crippen molar-refractivity contribution in [2.45, 2.75) is 13.5 Å². The molecule has 2 rings (SSSR count). The number of hydrogen-bond acceptors (Lipinski definition) is 5. The van der Waals surface area contributed by atoms with Gasteiger partial charge in [0.1, 0.15) is 0 Å². The molecule has 1 aromatic carbocycles. The Balaban J connectivity index is 2.04. The summed E-state index contributed by atoms with van der Waals surface area (Å²) in [6.07, 6.45) is 0. The first kappa shape index (κ1) is 11.7. The highest BCUT2D eigenvalue weighted by atomic mass is 32.1. The lowest BCUT2D eigenvalue weighted by molar-refractivity contribution is 0.344. The molecule has 4 nitrogen and oxygen atoms in total. The van der Waals surface area contributed by atoms with Crippen LogP contribution >= 0.6 is 11.5 Å². The van der Waals surface area contributed by atoms with Crippen LogP contribution in [-0.2, 0) is 6.54 Å². The van der Waals surface area contributed by atoms with Crippen LogP contribution in [-0.4, -0.2) is 11.0 Å². The molecule has 2 aromatic rings. The van der Waals surface area contributed by atoms with Crippen LogP contribution in [0.4, 0.5) is 10.8 Å². The molecule has 17 heavy (non-hydrogen) atoms. The zero-order valence-corrected chi connectivity index (χ0v) is 10.5. The zero-order chi connectivity index (χ0) is 12.1. The fraction of sp³-hybridized carbons (Fsp3) is 0.250. The summed E-state index contributed by atoms with van der Waals surface area (Å²) >= 11 is 1.32. The predicted molar refractivity (Wildman–Crippen MR) is 71.5 cm³/mol. The molecule has 90 valence electrons. The number of aromatic nitrogens is 1. The van der Waals surface area contributed by atoms with Crippen molar-refractivity contribution < 1.29 is 4.74 Å². The average Bonchev–Trinajstić information content (AvgIpc) is 2.70. The van der Waals surface area contributed by atoms with E-state index < -0.39 is 0 Å². The van der Waals surface area contributed by atoms with Crippen molar-refractivity contribution in [2.24, 2.45) is 0 Å². The van der Waals surface area contributed by atoms with Gasteiger partial charge in [-0.05, 0) is 24.0 Å². The molecule has 0 aliphatic rings. The van der Waals surface area contributed by atoms with Crippen LogP contribution < -0.4 is 15.8 Å². The summed E-state index contributed by atoms with van der Waals surface area (Å²) in [6.45, 7) is 3.25. The number of nitrogens with zero attached hydrogens (tertiary/aromatic N) is 1. The van der Waals surface area contributed by atoms with E-state index >= 15 is 0 Å². The molecule has 0 fully saturated rings. The fourth-order valence-electron chi connectivity index (χ4n) is 1.47. The van der Waals surface area contributed by atoms with E-state index in [4.69, 9.17) is 10.5 Å². The van der Waals surface area contributed by atoms with E-state index in [1.54, 1.807) is 0 Å². The fourth-order valence-corrected chi connectivity index (χ4v) is 2.12. The molecule has 0 saturated heterocycles. The van der Waals surface area contributed by atoms with Gasteiger partial charge in [0.2, 0.25) is 0 Å². The number of hydrogen-bond donors (Lipinski definition) is 2. The van der Waals surface area contributed by atoms with Gasteiger partial charge in [-0.25, -0.2) is 0 Å². The van der Waals surface area contributed by atoms with Crippen LogP contribution in [0, 0.1) is 0 Å². The van der Waals surface area contributed by atoms with E-state index in [0.717, 1.165) is 11.5 Å². The van der Waals surface area contributed by atoms with Crippen molar-refractivity contribution in [3.8, 4) is 5.75 Å². The molecule has 1 aromatic heterocycles. The highest BCUT2D eigenvalue weighted by Crippen LogP contribution is 2.35. The molecule has 0 spiro atoms. The van der Waals surface area contributed by atoms with Crippen molar-refractivity contribution in [3.63, 3.8) is 0 Å². The lowest BCUT2D eigenvalue weighted by Gasteiger charge is -2.07. The maximum atomic E-state index is 5.73. The van der Waals surface area contributed by atoms with E-state index in [-0.39, 0.29) is 0 Å². The number of nitrogen functional groups attached to an aromatic ring is 1. The van der Waals surface area contributed by atoms with Gasteiger partial charge in [-0.15, -0.1) is 0 Å². The Morgan fingerprint density at radius 1 is 1.35 bits per heavy atom. The van der Waals surface area contributed by atoms with Crippen LogP contribution in [0.3, 0.4) is 0 Å². The largest absolute Gasteiger partial charge is 0.487 e. The second kappa shape index (κ2) is 5.54. The average molecular weight is 249 g/mol. The van der Waals surface area contributed by atoms with Crippen molar-refractivity contribution >= 4 is 22.4 Å². The third-order valence-corrected chi connectivity index (χ3v) is 3.06. The van der Waals surface area contributed by atoms with Gasteiger partial charge in [0.05, 0.1) is 6.61 Å². The maximum absolute atomic E-state index is 5.73. The van der Waals surface area contributed by atoms with Crippen molar-refractivity contribution in [3.05, 3.63) is 35.9 Å². The van der Waals surface area contributed by atoms with Crippen LogP contribution in [0.25, 0.3) is 0 Å². The Morgan fingerprint density at radius 2 is 2.12 bits per heavy atom. The minimum absolute atomic E-state index is 0.451. The molecule has 0 bridgehead atoms. The second-order valence-corrected chi connectivity index (χ2v) is 4.27. The summed E-state index contributed by atoms with van der Waals surface area (Å²) in [7, 11) is 0. The number of rotatable bonds is 5. The van der Waals surface area contributed by atoms with Crippen LogP contribution in [0.1, 0.15) is 12.5 Å². The first-order chi connectivity index (χ1) is 8.31. The Kier molecular flexibility index (Phi) is 3.82. The van der Waals surface area contributed by atoms with Crippen molar-refractivity contribution in [1.29, 1.82) is 0 Å². The minimum Gasteiger partial charge on any atom is -0.487 e. The third kappa shape index (κ3) is 2.88. The third-order valence-electron chi connectivity index (χ3n) is 2.26. The number of anilines is 2. The second-order valence-electron chi connectivity index (χ2n) is 3.50. The molecule has 5 heteroatoms. The number of benzene rings is 1. The van der Waals surface area contributed by atoms with Gasteiger partial charge in [-0.3, -0.25) is 0 Å². The summed E-state index contributed by atoms with van der Waals surface area (Å²) < 4.78 is 9.54. The number of nitrogens with one attached hydrogen (secondary N) is 1. The van der Waals surface area contributed by atoms with Gasteiger partial charge in [0, 0.05) is 6.54 Å². The lowest BCUT2D eigenvalue weighted by atomic mass is 10.2. The monoisotopic (exact) mass is 249 g/mol. The first-order valence-corrected chi connectivity index (χ1v) is 6.24.